The fourth-order valence-electron chi connectivity index (χ4n) is 1.03. The number of hydrogen-bond donors (Lipinski definition) is 0. The lowest BCUT2D eigenvalue weighted by atomic mass is 10.2. The highest BCUT2D eigenvalue weighted by Gasteiger charge is 1.78. The van der Waals surface area contributed by atoms with Crippen LogP contribution < -0.4 is 0 Å². The maximum atomic E-state index is 3.18. The van der Waals surface area contributed by atoms with Gasteiger partial charge in [0.15, 0.2) is 0 Å². The summed E-state index contributed by atoms with van der Waals surface area (Å²) in [5, 5.41) is 0. The molecular weight excluding hydrogens is 144 g/mol. The molecule has 0 saturated heterocycles. The predicted molar refractivity (Wildman–Crippen MR) is 53.7 cm³/mol. The van der Waals surface area contributed by atoms with Crippen molar-refractivity contribution in [3.8, 4) is 0 Å². The van der Waals surface area contributed by atoms with Gasteiger partial charge in [-0.05, 0) is 31.8 Å². The first kappa shape index (κ1) is 9.05. The van der Waals surface area contributed by atoms with Crippen molar-refractivity contribution in [3.05, 3.63) is 48.6 Å². The third-order valence-electron chi connectivity index (χ3n) is 1.69. The van der Waals surface area contributed by atoms with Gasteiger partial charge >= 0.3 is 0 Å². The molecule has 0 aromatic carbocycles. The van der Waals surface area contributed by atoms with Crippen LogP contribution in [0.5, 0.6) is 0 Å². The van der Waals surface area contributed by atoms with Crippen LogP contribution in [-0.4, -0.2) is 0 Å². The van der Waals surface area contributed by atoms with E-state index in [2.05, 4.69) is 42.5 Å². The lowest BCUT2D eigenvalue weighted by molar-refractivity contribution is 1.04. The van der Waals surface area contributed by atoms with Gasteiger partial charge in [0.25, 0.3) is 0 Å². The second-order valence-electron chi connectivity index (χ2n) is 2.76. The van der Waals surface area contributed by atoms with E-state index in [1.807, 2.05) is 6.08 Å². The highest BCUT2D eigenvalue weighted by molar-refractivity contribution is 5.03. The van der Waals surface area contributed by atoms with Crippen LogP contribution in [0.2, 0.25) is 0 Å². The Morgan fingerprint density at radius 2 is 1.67 bits per heavy atom. The molecule has 0 atom stereocenters. The molecule has 0 amide bonds. The van der Waals surface area contributed by atoms with Crippen LogP contribution in [0.15, 0.2) is 42.5 Å². The van der Waals surface area contributed by atoms with Crippen molar-refractivity contribution in [3.63, 3.8) is 0 Å². The van der Waals surface area contributed by atoms with Crippen LogP contribution in [0.25, 0.3) is 0 Å². The molecule has 0 N–H and O–H groups in total. The van der Waals surface area contributed by atoms with Crippen molar-refractivity contribution in [2.75, 3.05) is 0 Å². The fraction of sp³-hybridized carbons (Fsp3) is 0.333. The number of rotatable bonds is 0. The minimum Gasteiger partial charge on any atom is -0.0879 e. The first-order valence-electron chi connectivity index (χ1n) is 4.52. The summed E-state index contributed by atoms with van der Waals surface area (Å²) in [6.07, 6.45) is 22.5. The van der Waals surface area contributed by atoms with Gasteiger partial charge in [-0.3, -0.25) is 0 Å². The Labute approximate surface area is 75.0 Å². The maximum Gasteiger partial charge on any atom is -0.00945 e. The molecule has 0 bridgehead atoms. The van der Waals surface area contributed by atoms with E-state index < -0.39 is 0 Å². The van der Waals surface area contributed by atoms with E-state index in [0.29, 0.717) is 0 Å². The van der Waals surface area contributed by atoms with E-state index in [0.717, 1.165) is 25.7 Å². The maximum absolute atomic E-state index is 3.18. The van der Waals surface area contributed by atoms with Gasteiger partial charge in [-0.15, -0.1) is 0 Å². The van der Waals surface area contributed by atoms with Crippen molar-refractivity contribution >= 4 is 0 Å². The monoisotopic (exact) mass is 159 g/mol. The first-order chi connectivity index (χ1) is 6.00. The van der Waals surface area contributed by atoms with Crippen LogP contribution >= 0.6 is 0 Å². The molecule has 0 aromatic heterocycles. The molecule has 12 heavy (non-hydrogen) atoms. The molecule has 0 saturated carbocycles. The highest BCUT2D eigenvalue weighted by Crippen LogP contribution is 1.98. The van der Waals surface area contributed by atoms with Crippen molar-refractivity contribution in [1.82, 2.24) is 0 Å². The molecule has 1 aliphatic rings. The summed E-state index contributed by atoms with van der Waals surface area (Å²) >= 11 is 0. The Morgan fingerprint density at radius 3 is 2.67 bits per heavy atom. The van der Waals surface area contributed by atoms with Gasteiger partial charge in [0.2, 0.25) is 0 Å². The Hall–Kier alpha value is -1.04. The molecule has 0 spiro atoms. The van der Waals surface area contributed by atoms with Crippen molar-refractivity contribution in [2.24, 2.45) is 0 Å². The SMILES string of the molecule is [C]1=CC=CCCC=CCC=CC1. The fourth-order valence-corrected chi connectivity index (χ4v) is 1.03. The summed E-state index contributed by atoms with van der Waals surface area (Å²) < 4.78 is 0. The standard InChI is InChI=1S/C12H15/c1-2-4-6-8-10-12-11-9-7-5-3-1/h1-3,8-11H,4,6-7,12H2. The molecule has 0 nitrogen and oxygen atoms in total. The van der Waals surface area contributed by atoms with Crippen molar-refractivity contribution in [1.29, 1.82) is 0 Å². The molecule has 1 radical (unpaired) electrons. The van der Waals surface area contributed by atoms with Crippen LogP contribution in [0.1, 0.15) is 25.7 Å². The Morgan fingerprint density at radius 1 is 0.833 bits per heavy atom. The summed E-state index contributed by atoms with van der Waals surface area (Å²) in [5.74, 6) is 0. The number of allylic oxidation sites excluding steroid dienone is 8. The largest absolute Gasteiger partial charge is 0.0879 e. The van der Waals surface area contributed by atoms with E-state index in [9.17, 15) is 0 Å². The van der Waals surface area contributed by atoms with Crippen LogP contribution in [0.4, 0.5) is 0 Å². The Balaban J connectivity index is 2.41. The third kappa shape index (κ3) is 4.73. The Bertz CT molecular complexity index is 204. The van der Waals surface area contributed by atoms with E-state index >= 15 is 0 Å². The normalized spacial score (nSPS) is 18.7. The van der Waals surface area contributed by atoms with Crippen LogP contribution in [-0.2, 0) is 0 Å². The van der Waals surface area contributed by atoms with E-state index in [1.54, 1.807) is 0 Å². The zero-order valence-electron chi connectivity index (χ0n) is 7.37. The summed E-state index contributed by atoms with van der Waals surface area (Å²) in [6, 6.07) is 0. The van der Waals surface area contributed by atoms with E-state index in [4.69, 9.17) is 0 Å². The predicted octanol–water partition coefficient (Wildman–Crippen LogP) is 3.59. The summed E-state index contributed by atoms with van der Waals surface area (Å²) in [5.41, 5.74) is 0. The molecule has 63 valence electrons. The van der Waals surface area contributed by atoms with Gasteiger partial charge in [0.1, 0.15) is 0 Å². The van der Waals surface area contributed by atoms with Gasteiger partial charge in [-0.2, -0.15) is 0 Å². The summed E-state index contributed by atoms with van der Waals surface area (Å²) in [7, 11) is 0. The smallest absolute Gasteiger partial charge is 0.00945 e. The average Bonchev–Trinajstić information content (AvgIpc) is 2.05. The van der Waals surface area contributed by atoms with Gasteiger partial charge in [-0.25, -0.2) is 0 Å². The van der Waals surface area contributed by atoms with Gasteiger partial charge in [-0.1, -0.05) is 42.5 Å². The van der Waals surface area contributed by atoms with E-state index in [1.165, 1.54) is 0 Å². The van der Waals surface area contributed by atoms with E-state index in [-0.39, 0.29) is 0 Å². The molecule has 1 aliphatic carbocycles. The minimum atomic E-state index is 0.929. The number of hydrogen-bond acceptors (Lipinski definition) is 0. The first-order valence-corrected chi connectivity index (χ1v) is 4.52. The van der Waals surface area contributed by atoms with Crippen molar-refractivity contribution < 1.29 is 0 Å². The summed E-state index contributed by atoms with van der Waals surface area (Å²) in [4.78, 5) is 0. The third-order valence-corrected chi connectivity index (χ3v) is 1.69. The molecule has 0 fully saturated rings. The lowest BCUT2D eigenvalue weighted by Gasteiger charge is -1.87. The van der Waals surface area contributed by atoms with Gasteiger partial charge < -0.3 is 0 Å². The second-order valence-corrected chi connectivity index (χ2v) is 2.76. The molecule has 0 aliphatic heterocycles. The Kier molecular flexibility index (Phi) is 5.02. The van der Waals surface area contributed by atoms with Gasteiger partial charge in [0, 0.05) is 0 Å². The molecule has 0 heterocycles. The second kappa shape index (κ2) is 6.66. The molecule has 0 aromatic rings. The summed E-state index contributed by atoms with van der Waals surface area (Å²) in [6.45, 7) is 0. The van der Waals surface area contributed by atoms with Crippen LogP contribution in [0.3, 0.4) is 0 Å². The average molecular weight is 159 g/mol. The quantitative estimate of drug-likeness (QED) is 0.474. The zero-order chi connectivity index (χ0) is 8.49. The zero-order valence-corrected chi connectivity index (χ0v) is 7.37. The van der Waals surface area contributed by atoms with Crippen LogP contribution in [0, 0.1) is 6.08 Å². The lowest BCUT2D eigenvalue weighted by Crippen LogP contribution is -1.67. The van der Waals surface area contributed by atoms with Crippen molar-refractivity contribution in [2.45, 2.75) is 25.7 Å². The minimum absolute atomic E-state index is 0.929. The molecule has 0 heteroatoms. The van der Waals surface area contributed by atoms with Gasteiger partial charge in [0.05, 0.1) is 0 Å². The topological polar surface area (TPSA) is 0 Å². The molecular formula is C12H15. The molecule has 1 rings (SSSR count). The molecule has 0 unspecified atom stereocenters. The highest BCUT2D eigenvalue weighted by atomic mass is 13.8.